The van der Waals surface area contributed by atoms with Gasteiger partial charge in [0.05, 0.1) is 18.8 Å². The molecule has 1 saturated heterocycles. The highest BCUT2D eigenvalue weighted by atomic mass is 16.7. The first kappa shape index (κ1) is 13.9. The van der Waals surface area contributed by atoms with Crippen LogP contribution in [-0.2, 0) is 9.47 Å². The van der Waals surface area contributed by atoms with Crippen molar-refractivity contribution in [2.45, 2.75) is 11.7 Å². The molecular formula is C20H16O5. The van der Waals surface area contributed by atoms with Crippen LogP contribution in [0, 0.1) is 17.8 Å². The smallest absolute Gasteiger partial charge is 0.182 e. The number of rotatable bonds is 0. The zero-order valence-corrected chi connectivity index (χ0v) is 13.3. The Morgan fingerprint density at radius 1 is 0.920 bits per heavy atom. The molecule has 2 N–H and O–H groups in total. The fourth-order valence-corrected chi connectivity index (χ4v) is 5.59. The minimum atomic E-state index is -0.781. The van der Waals surface area contributed by atoms with Gasteiger partial charge in [0.2, 0.25) is 0 Å². The van der Waals surface area contributed by atoms with Gasteiger partial charge in [0, 0.05) is 40.0 Å². The highest BCUT2D eigenvalue weighted by Gasteiger charge is 2.70. The van der Waals surface area contributed by atoms with Gasteiger partial charge in [-0.05, 0) is 0 Å². The van der Waals surface area contributed by atoms with E-state index in [2.05, 4.69) is 0 Å². The van der Waals surface area contributed by atoms with E-state index in [9.17, 15) is 15.0 Å². The highest BCUT2D eigenvalue weighted by molar-refractivity contribution is 6.13. The number of carbonyl (C=O) groups is 1. The summed E-state index contributed by atoms with van der Waals surface area (Å²) in [6, 6.07) is 7.09. The van der Waals surface area contributed by atoms with Crippen LogP contribution in [0.3, 0.4) is 0 Å². The van der Waals surface area contributed by atoms with Gasteiger partial charge in [-0.25, -0.2) is 0 Å². The van der Waals surface area contributed by atoms with Gasteiger partial charge < -0.3 is 19.7 Å². The topological polar surface area (TPSA) is 76.0 Å². The van der Waals surface area contributed by atoms with Crippen LogP contribution in [0.15, 0.2) is 36.4 Å². The van der Waals surface area contributed by atoms with Crippen molar-refractivity contribution in [3.63, 3.8) is 0 Å². The molecule has 2 aromatic carbocycles. The fourth-order valence-electron chi connectivity index (χ4n) is 5.59. The Morgan fingerprint density at radius 3 is 2.20 bits per heavy atom. The Morgan fingerprint density at radius 2 is 1.52 bits per heavy atom. The zero-order valence-electron chi connectivity index (χ0n) is 13.3. The lowest BCUT2D eigenvalue weighted by Crippen LogP contribution is -2.38. The van der Waals surface area contributed by atoms with Crippen molar-refractivity contribution in [3.8, 4) is 11.5 Å². The van der Waals surface area contributed by atoms with Crippen molar-refractivity contribution < 1.29 is 24.5 Å². The Balaban J connectivity index is 1.66. The quantitative estimate of drug-likeness (QED) is 0.571. The molecule has 25 heavy (non-hydrogen) atoms. The molecule has 126 valence electrons. The molecule has 2 fully saturated rings. The number of hydrogen-bond acceptors (Lipinski definition) is 5. The molecule has 0 radical (unpaired) electrons. The van der Waals surface area contributed by atoms with Gasteiger partial charge in [0.25, 0.3) is 0 Å². The molecule has 2 bridgehead atoms. The summed E-state index contributed by atoms with van der Waals surface area (Å²) in [7, 11) is 0. The van der Waals surface area contributed by atoms with E-state index in [-0.39, 0.29) is 46.5 Å². The number of ketones is 1. The summed E-state index contributed by atoms with van der Waals surface area (Å²) in [5.74, 6) is -1.69. The number of hydrogen-bond donors (Lipinski definition) is 2. The van der Waals surface area contributed by atoms with Crippen LogP contribution >= 0.6 is 0 Å². The molecule has 1 saturated carbocycles. The molecule has 5 nitrogen and oxygen atoms in total. The molecule has 2 aromatic rings. The Bertz CT molecular complexity index is 985. The van der Waals surface area contributed by atoms with Crippen LogP contribution in [-0.4, -0.2) is 35.0 Å². The molecular weight excluding hydrogens is 320 g/mol. The summed E-state index contributed by atoms with van der Waals surface area (Å²) in [6.07, 6.45) is 4.06. The van der Waals surface area contributed by atoms with Gasteiger partial charge in [-0.3, -0.25) is 4.79 Å². The number of ether oxygens (including phenoxy) is 2. The van der Waals surface area contributed by atoms with Gasteiger partial charge >= 0.3 is 0 Å². The lowest BCUT2D eigenvalue weighted by Gasteiger charge is -2.29. The van der Waals surface area contributed by atoms with E-state index in [1.165, 1.54) is 0 Å². The van der Waals surface area contributed by atoms with E-state index in [4.69, 9.17) is 9.47 Å². The van der Waals surface area contributed by atoms with E-state index in [0.717, 1.165) is 0 Å². The summed E-state index contributed by atoms with van der Waals surface area (Å²) in [6.45, 7) is 1.04. The second-order valence-corrected chi connectivity index (χ2v) is 7.30. The summed E-state index contributed by atoms with van der Waals surface area (Å²) in [4.78, 5) is 13.2. The van der Waals surface area contributed by atoms with E-state index < -0.39 is 5.79 Å². The van der Waals surface area contributed by atoms with E-state index in [0.29, 0.717) is 29.5 Å². The maximum Gasteiger partial charge on any atom is 0.182 e. The first-order valence-electron chi connectivity index (χ1n) is 8.62. The van der Waals surface area contributed by atoms with Crippen molar-refractivity contribution in [1.82, 2.24) is 0 Å². The molecule has 1 spiro atoms. The third kappa shape index (κ3) is 1.35. The predicted octanol–water partition coefficient (Wildman–Crippen LogP) is 2.71. The first-order chi connectivity index (χ1) is 12.1. The van der Waals surface area contributed by atoms with Gasteiger partial charge in [-0.15, -0.1) is 0 Å². The number of carbonyl (C=O) groups excluding carboxylic acids is 1. The van der Waals surface area contributed by atoms with Crippen molar-refractivity contribution in [2.24, 2.45) is 17.8 Å². The monoisotopic (exact) mass is 336 g/mol. The van der Waals surface area contributed by atoms with Crippen LogP contribution in [0.4, 0.5) is 0 Å². The molecule has 4 aliphatic rings. The molecule has 6 rings (SSSR count). The number of fused-ring (bicyclic) bond motifs is 6. The molecule has 0 amide bonds. The number of aromatic hydroxyl groups is 2. The van der Waals surface area contributed by atoms with Crippen molar-refractivity contribution in [1.29, 1.82) is 0 Å². The molecule has 3 aliphatic carbocycles. The van der Waals surface area contributed by atoms with Gasteiger partial charge in [0.15, 0.2) is 11.6 Å². The first-order valence-corrected chi connectivity index (χ1v) is 8.62. The second-order valence-electron chi connectivity index (χ2n) is 7.30. The normalized spacial score (nSPS) is 33.5. The van der Waals surface area contributed by atoms with E-state index in [1.54, 1.807) is 18.2 Å². The van der Waals surface area contributed by atoms with Crippen LogP contribution in [0.5, 0.6) is 11.5 Å². The Kier molecular flexibility index (Phi) is 2.35. The fraction of sp³-hybridized carbons (Fsp3) is 0.350. The Hall–Kier alpha value is -2.37. The van der Waals surface area contributed by atoms with Crippen LogP contribution in [0.1, 0.15) is 21.8 Å². The average molecular weight is 336 g/mol. The van der Waals surface area contributed by atoms with Gasteiger partial charge in [-0.1, -0.05) is 36.4 Å². The van der Waals surface area contributed by atoms with E-state index >= 15 is 0 Å². The second kappa shape index (κ2) is 4.23. The third-order valence-electron chi connectivity index (χ3n) is 6.44. The van der Waals surface area contributed by atoms with Crippen LogP contribution in [0.2, 0.25) is 0 Å². The standard InChI is InChI=1S/C20H16O5/c21-17-9-3-1-2-4-10(9)18(22)16-15(17)13-11-5-6-12(14(13)19(16)23)20(11)24-7-8-25-20/h1-6,11-14,21-22H,7-8H2/t11-,12?,13?,14?/m1/s1. The van der Waals surface area contributed by atoms with Gasteiger partial charge in [0.1, 0.15) is 11.5 Å². The van der Waals surface area contributed by atoms with E-state index in [1.807, 2.05) is 18.2 Å². The molecule has 4 atom stereocenters. The van der Waals surface area contributed by atoms with Gasteiger partial charge in [-0.2, -0.15) is 0 Å². The molecule has 5 heteroatoms. The lowest BCUT2D eigenvalue weighted by atomic mass is 9.82. The summed E-state index contributed by atoms with van der Waals surface area (Å²) < 4.78 is 11.9. The minimum Gasteiger partial charge on any atom is -0.507 e. The lowest BCUT2D eigenvalue weighted by molar-refractivity contribution is -0.186. The largest absolute Gasteiger partial charge is 0.507 e. The SMILES string of the molecule is O=C1c2c(c(O)c3ccccc3c2O)C2C1C1C=C[C@H]2C12OCCO2. The maximum atomic E-state index is 13.2. The summed E-state index contributed by atoms with van der Waals surface area (Å²) in [5, 5.41) is 22.8. The number of Topliss-reactive ketones (excluding diaryl/α,β-unsaturated/α-hetero) is 1. The summed E-state index contributed by atoms with van der Waals surface area (Å²) >= 11 is 0. The van der Waals surface area contributed by atoms with Crippen molar-refractivity contribution in [2.75, 3.05) is 13.2 Å². The molecule has 0 aromatic heterocycles. The maximum absolute atomic E-state index is 13.2. The average Bonchev–Trinajstić information content (AvgIpc) is 3.37. The molecule has 1 aliphatic heterocycles. The highest BCUT2D eigenvalue weighted by Crippen LogP contribution is 2.67. The van der Waals surface area contributed by atoms with Crippen molar-refractivity contribution >= 4 is 16.6 Å². The minimum absolute atomic E-state index is 0.0236. The third-order valence-corrected chi connectivity index (χ3v) is 6.44. The Labute approximate surface area is 143 Å². The van der Waals surface area contributed by atoms with Crippen molar-refractivity contribution in [3.05, 3.63) is 47.5 Å². The molecule has 3 unspecified atom stereocenters. The summed E-state index contributed by atoms with van der Waals surface area (Å²) in [5.41, 5.74) is 0.833. The zero-order chi connectivity index (χ0) is 16.9. The van der Waals surface area contributed by atoms with Crippen LogP contribution < -0.4 is 0 Å². The predicted molar refractivity (Wildman–Crippen MR) is 88.6 cm³/mol. The van der Waals surface area contributed by atoms with Crippen LogP contribution in [0.25, 0.3) is 10.8 Å². The number of phenolic OH excluding ortho intramolecular Hbond substituents is 2. The number of phenols is 2. The molecule has 1 heterocycles. The number of benzene rings is 2.